The number of hydrogen-bond acceptors (Lipinski definition) is 6. The molecule has 0 unspecified atom stereocenters. The molecular formula is C33H22N2O6. The van der Waals surface area contributed by atoms with E-state index < -0.39 is 29.4 Å². The second-order valence-electron chi connectivity index (χ2n) is 9.23. The van der Waals surface area contributed by atoms with Gasteiger partial charge in [-0.05, 0) is 48.5 Å². The highest BCUT2D eigenvalue weighted by Crippen LogP contribution is 2.39. The fourth-order valence-corrected chi connectivity index (χ4v) is 4.71. The van der Waals surface area contributed by atoms with Crippen LogP contribution in [0.2, 0.25) is 0 Å². The Labute approximate surface area is 235 Å². The van der Waals surface area contributed by atoms with Crippen LogP contribution < -0.4 is 19.3 Å². The van der Waals surface area contributed by atoms with Gasteiger partial charge in [-0.2, -0.15) is 0 Å². The summed E-state index contributed by atoms with van der Waals surface area (Å²) in [6.07, 6.45) is 4.92. The van der Waals surface area contributed by atoms with Crippen LogP contribution in [0.25, 0.3) is 0 Å². The molecule has 2 heterocycles. The summed E-state index contributed by atoms with van der Waals surface area (Å²) in [6, 6.07) is 32.0. The highest BCUT2D eigenvalue weighted by atomic mass is 16.7. The standard InChI is InChI=1S/C33H22N2O6/c36-29-19-20-30(37)34(29)25-11-15-27(16-12-25)40-33(23-7-3-1-4-8-23,24-9-5-2-6-10-24)41-28-17-13-26(14-18-28)35-31(38)21-22-32(35)39/h1-22H. The SMILES string of the molecule is O=C1C=CC(=O)N1c1ccc(OC(Oc2ccc(N3C(=O)C=CC3=O)cc2)(c2ccccc2)c2ccccc2)cc1. The van der Waals surface area contributed by atoms with Crippen molar-refractivity contribution in [1.29, 1.82) is 0 Å². The fraction of sp³-hybridized carbons (Fsp3) is 0.0303. The van der Waals surface area contributed by atoms with Crippen LogP contribution in [0.15, 0.2) is 133 Å². The van der Waals surface area contributed by atoms with Crippen molar-refractivity contribution in [2.75, 3.05) is 9.80 Å². The van der Waals surface area contributed by atoms with Crippen LogP contribution in [0.3, 0.4) is 0 Å². The van der Waals surface area contributed by atoms with Crippen LogP contribution in [0.4, 0.5) is 11.4 Å². The molecule has 2 aliphatic rings. The Bertz CT molecular complexity index is 1530. The first-order chi connectivity index (χ1) is 19.9. The minimum Gasteiger partial charge on any atom is -0.444 e. The maximum atomic E-state index is 12.1. The number of ether oxygens (including phenoxy) is 2. The highest BCUT2D eigenvalue weighted by Gasteiger charge is 2.40. The van der Waals surface area contributed by atoms with Crippen molar-refractivity contribution in [3.8, 4) is 11.5 Å². The van der Waals surface area contributed by atoms with E-state index in [1.807, 2.05) is 60.7 Å². The van der Waals surface area contributed by atoms with Gasteiger partial charge in [0.1, 0.15) is 11.5 Å². The second-order valence-corrected chi connectivity index (χ2v) is 9.23. The maximum absolute atomic E-state index is 12.1. The van der Waals surface area contributed by atoms with Gasteiger partial charge < -0.3 is 9.47 Å². The number of rotatable bonds is 8. The molecule has 6 rings (SSSR count). The van der Waals surface area contributed by atoms with Gasteiger partial charge >= 0.3 is 5.79 Å². The first kappa shape index (κ1) is 25.5. The molecule has 41 heavy (non-hydrogen) atoms. The van der Waals surface area contributed by atoms with Gasteiger partial charge in [0.2, 0.25) is 0 Å². The lowest BCUT2D eigenvalue weighted by atomic mass is 9.96. The molecule has 4 aromatic rings. The Morgan fingerprint density at radius 1 is 0.415 bits per heavy atom. The lowest BCUT2D eigenvalue weighted by Gasteiger charge is -2.35. The molecule has 0 N–H and O–H groups in total. The number of anilines is 2. The predicted molar refractivity (Wildman–Crippen MR) is 151 cm³/mol. The van der Waals surface area contributed by atoms with Crippen molar-refractivity contribution in [3.05, 3.63) is 145 Å². The number of imide groups is 2. The largest absolute Gasteiger partial charge is 0.444 e. The van der Waals surface area contributed by atoms with E-state index in [9.17, 15) is 19.2 Å². The van der Waals surface area contributed by atoms with Crippen molar-refractivity contribution in [1.82, 2.24) is 0 Å². The zero-order valence-electron chi connectivity index (χ0n) is 21.5. The van der Waals surface area contributed by atoms with E-state index in [1.165, 1.54) is 24.3 Å². The molecule has 200 valence electrons. The third-order valence-corrected chi connectivity index (χ3v) is 6.64. The Morgan fingerprint density at radius 3 is 1.05 bits per heavy atom. The average Bonchev–Trinajstić information content (AvgIpc) is 3.53. The van der Waals surface area contributed by atoms with E-state index in [-0.39, 0.29) is 0 Å². The van der Waals surface area contributed by atoms with Gasteiger partial charge in [-0.25, -0.2) is 9.80 Å². The molecule has 8 nitrogen and oxygen atoms in total. The summed E-state index contributed by atoms with van der Waals surface area (Å²) >= 11 is 0. The quantitative estimate of drug-likeness (QED) is 0.232. The summed E-state index contributed by atoms with van der Waals surface area (Å²) in [5.41, 5.74) is 2.23. The van der Waals surface area contributed by atoms with Crippen molar-refractivity contribution >= 4 is 35.0 Å². The molecule has 8 heteroatoms. The molecule has 2 aliphatic heterocycles. The van der Waals surface area contributed by atoms with Crippen molar-refractivity contribution in [2.24, 2.45) is 0 Å². The lowest BCUT2D eigenvalue weighted by molar-refractivity contribution is -0.121. The van der Waals surface area contributed by atoms with E-state index in [0.717, 1.165) is 9.80 Å². The number of carbonyl (C=O) groups is 4. The van der Waals surface area contributed by atoms with Crippen LogP contribution in [0.1, 0.15) is 11.1 Å². The van der Waals surface area contributed by atoms with E-state index >= 15 is 0 Å². The van der Waals surface area contributed by atoms with E-state index in [1.54, 1.807) is 48.5 Å². The monoisotopic (exact) mass is 542 g/mol. The van der Waals surface area contributed by atoms with Crippen LogP contribution >= 0.6 is 0 Å². The Balaban J connectivity index is 1.39. The first-order valence-corrected chi connectivity index (χ1v) is 12.8. The summed E-state index contributed by atoms with van der Waals surface area (Å²) in [7, 11) is 0. The highest BCUT2D eigenvalue weighted by molar-refractivity contribution is 6.28. The first-order valence-electron chi connectivity index (χ1n) is 12.8. The number of amides is 4. The van der Waals surface area contributed by atoms with Gasteiger partial charge in [-0.3, -0.25) is 19.2 Å². The number of hydrogen-bond donors (Lipinski definition) is 0. The number of benzene rings is 4. The summed E-state index contributed by atoms with van der Waals surface area (Å²) < 4.78 is 13.3. The number of nitrogens with zero attached hydrogens (tertiary/aromatic N) is 2. The van der Waals surface area contributed by atoms with Gasteiger partial charge in [0.25, 0.3) is 23.6 Å². The molecule has 0 aromatic heterocycles. The van der Waals surface area contributed by atoms with Crippen LogP contribution in [0.5, 0.6) is 11.5 Å². The zero-order chi connectivity index (χ0) is 28.4. The fourth-order valence-electron chi connectivity index (χ4n) is 4.71. The van der Waals surface area contributed by atoms with Crippen molar-refractivity contribution in [3.63, 3.8) is 0 Å². The molecule has 0 aliphatic carbocycles. The molecule has 0 spiro atoms. The molecule has 0 atom stereocenters. The summed E-state index contributed by atoms with van der Waals surface area (Å²) in [5.74, 6) is -2.27. The molecule has 0 radical (unpaired) electrons. The van der Waals surface area contributed by atoms with Gasteiger partial charge in [0, 0.05) is 35.4 Å². The molecule has 0 saturated carbocycles. The van der Waals surface area contributed by atoms with Crippen LogP contribution in [-0.4, -0.2) is 23.6 Å². The average molecular weight is 543 g/mol. The number of carbonyl (C=O) groups excluding carboxylic acids is 4. The zero-order valence-corrected chi connectivity index (χ0v) is 21.5. The normalized spacial score (nSPS) is 14.7. The molecular weight excluding hydrogens is 520 g/mol. The second kappa shape index (κ2) is 10.4. The molecule has 4 aromatic carbocycles. The smallest absolute Gasteiger partial charge is 0.305 e. The topological polar surface area (TPSA) is 93.2 Å². The van der Waals surface area contributed by atoms with E-state index in [2.05, 4.69) is 0 Å². The van der Waals surface area contributed by atoms with Gasteiger partial charge in [-0.1, -0.05) is 60.7 Å². The summed E-state index contributed by atoms with van der Waals surface area (Å²) in [6.45, 7) is 0. The predicted octanol–water partition coefficient (Wildman–Crippen LogP) is 4.90. The molecule has 0 bridgehead atoms. The van der Waals surface area contributed by atoms with Gasteiger partial charge in [-0.15, -0.1) is 0 Å². The molecule has 4 amide bonds. The minimum absolute atomic E-state index is 0.411. The maximum Gasteiger partial charge on any atom is 0.305 e. The molecule has 0 fully saturated rings. The third kappa shape index (κ3) is 4.79. The van der Waals surface area contributed by atoms with E-state index in [0.29, 0.717) is 34.0 Å². The molecule has 0 saturated heterocycles. The Morgan fingerprint density at radius 2 is 0.732 bits per heavy atom. The minimum atomic E-state index is -1.47. The van der Waals surface area contributed by atoms with Gasteiger partial charge in [0.05, 0.1) is 11.4 Å². The van der Waals surface area contributed by atoms with Gasteiger partial charge in [0.15, 0.2) is 0 Å². The Hall–Kier alpha value is -5.76. The van der Waals surface area contributed by atoms with E-state index in [4.69, 9.17) is 9.47 Å². The summed E-state index contributed by atoms with van der Waals surface area (Å²) in [5, 5.41) is 0. The van der Waals surface area contributed by atoms with Crippen LogP contribution in [0, 0.1) is 0 Å². The Kier molecular flexibility index (Phi) is 6.49. The lowest BCUT2D eigenvalue weighted by Crippen LogP contribution is -2.41. The van der Waals surface area contributed by atoms with Crippen LogP contribution in [-0.2, 0) is 25.0 Å². The van der Waals surface area contributed by atoms with Crippen molar-refractivity contribution in [2.45, 2.75) is 5.79 Å². The van der Waals surface area contributed by atoms with Crippen molar-refractivity contribution < 1.29 is 28.7 Å². The summed E-state index contributed by atoms with van der Waals surface area (Å²) in [4.78, 5) is 50.7. The third-order valence-electron chi connectivity index (χ3n) is 6.64.